The molecule has 1 N–H and O–H groups in total. The average molecular weight is 490 g/mol. The number of aromatic nitrogens is 4. The molecule has 172 valence electrons. The maximum atomic E-state index is 11.7. The number of aliphatic carboxylic acids is 1. The van der Waals surface area contributed by atoms with Crippen molar-refractivity contribution < 1.29 is 9.90 Å². The van der Waals surface area contributed by atoms with Gasteiger partial charge in [0.15, 0.2) is 5.82 Å². The zero-order valence-corrected chi connectivity index (χ0v) is 20.9. The number of nitrogens with zero attached hydrogens (tertiary/aromatic N) is 5. The number of fused-ring (bicyclic) bond motifs is 3. The Bertz CT molecular complexity index is 1460. The second kappa shape index (κ2) is 8.73. The normalized spacial score (nSPS) is 15.2. The molecule has 1 aliphatic heterocycles. The van der Waals surface area contributed by atoms with E-state index in [9.17, 15) is 9.90 Å². The molecule has 0 saturated heterocycles. The van der Waals surface area contributed by atoms with Crippen LogP contribution in [0.15, 0.2) is 34.8 Å². The predicted molar refractivity (Wildman–Crippen MR) is 136 cm³/mol. The minimum atomic E-state index is -0.919. The van der Waals surface area contributed by atoms with Gasteiger partial charge in [0.25, 0.3) is 0 Å². The van der Waals surface area contributed by atoms with Crippen molar-refractivity contribution in [1.29, 1.82) is 0 Å². The predicted octanol–water partition coefficient (Wildman–Crippen LogP) is 5.56. The Hall–Kier alpha value is -3.43. The third-order valence-electron chi connectivity index (χ3n) is 6.00. The van der Waals surface area contributed by atoms with Crippen LogP contribution in [0.3, 0.4) is 0 Å². The van der Waals surface area contributed by atoms with Gasteiger partial charge in [-0.15, -0.1) is 32.9 Å². The first kappa shape index (κ1) is 22.4. The number of carbonyl (C=O) groups is 1. The zero-order chi connectivity index (χ0) is 24.0. The standard InChI is InChI=1S/C25H23N5O2S2/c1-13-15(3)34-25-22(13)23(27-19(11-21(31)32)24-29-28-16(4)30(24)25)18-8-5-17(6-9-18)7-10-20-14(2)26-12-33-20/h5-10,12,19H,11H2,1-4H3,(H,31,32)/b10-7+/t19-/m0/s1. The van der Waals surface area contributed by atoms with E-state index in [0.29, 0.717) is 5.82 Å². The molecular weight excluding hydrogens is 466 g/mol. The van der Waals surface area contributed by atoms with Crippen LogP contribution in [0, 0.1) is 27.7 Å². The summed E-state index contributed by atoms with van der Waals surface area (Å²) < 4.78 is 1.97. The SMILES string of the molecule is Cc1ncsc1/C=C/c1ccc(C2=N[C@@H](CC(=O)O)c3nnc(C)n3-c3sc(C)c(C)c32)cc1. The van der Waals surface area contributed by atoms with Crippen LogP contribution in [0.25, 0.3) is 17.2 Å². The smallest absolute Gasteiger partial charge is 0.306 e. The largest absolute Gasteiger partial charge is 0.481 e. The van der Waals surface area contributed by atoms with Crippen molar-refractivity contribution in [3.8, 4) is 5.00 Å². The van der Waals surface area contributed by atoms with Gasteiger partial charge in [0.2, 0.25) is 0 Å². The average Bonchev–Trinajstić information content (AvgIpc) is 3.45. The summed E-state index contributed by atoms with van der Waals surface area (Å²) in [6, 6.07) is 7.58. The summed E-state index contributed by atoms with van der Waals surface area (Å²) in [5.41, 5.74) is 7.83. The van der Waals surface area contributed by atoms with Crippen LogP contribution in [-0.2, 0) is 4.79 Å². The van der Waals surface area contributed by atoms with E-state index in [1.165, 1.54) is 4.88 Å². The molecule has 0 saturated carbocycles. The quantitative estimate of drug-likeness (QED) is 0.396. The van der Waals surface area contributed by atoms with Crippen molar-refractivity contribution in [2.45, 2.75) is 40.2 Å². The lowest BCUT2D eigenvalue weighted by Crippen LogP contribution is -2.10. The molecule has 0 bridgehead atoms. The first-order valence-corrected chi connectivity index (χ1v) is 12.5. The summed E-state index contributed by atoms with van der Waals surface area (Å²) >= 11 is 3.28. The number of aliphatic imine (C=N–C) groups is 1. The topological polar surface area (TPSA) is 93.3 Å². The van der Waals surface area contributed by atoms with Gasteiger partial charge >= 0.3 is 5.97 Å². The van der Waals surface area contributed by atoms with Crippen molar-refractivity contribution >= 4 is 46.5 Å². The minimum Gasteiger partial charge on any atom is -0.481 e. The fraction of sp³-hybridized carbons (Fsp3) is 0.240. The maximum absolute atomic E-state index is 11.7. The number of hydrogen-bond acceptors (Lipinski definition) is 7. The van der Waals surface area contributed by atoms with Gasteiger partial charge in [-0.1, -0.05) is 30.3 Å². The highest BCUT2D eigenvalue weighted by Crippen LogP contribution is 2.39. The van der Waals surface area contributed by atoms with Crippen LogP contribution in [0.1, 0.15) is 61.8 Å². The number of aryl methyl sites for hydroxylation is 3. The van der Waals surface area contributed by atoms with Crippen LogP contribution in [-0.4, -0.2) is 36.5 Å². The molecule has 0 unspecified atom stereocenters. The summed E-state index contributed by atoms with van der Waals surface area (Å²) in [7, 11) is 0. The van der Waals surface area contributed by atoms with E-state index >= 15 is 0 Å². The van der Waals surface area contributed by atoms with E-state index in [1.807, 2.05) is 36.1 Å². The fourth-order valence-corrected chi connectivity index (χ4v) is 5.99. The lowest BCUT2D eigenvalue weighted by molar-refractivity contribution is -0.137. The number of rotatable bonds is 5. The molecule has 4 aromatic rings. The number of carboxylic acid groups (broad SMARTS) is 1. The van der Waals surface area contributed by atoms with Crippen molar-refractivity contribution in [2.75, 3.05) is 0 Å². The fourth-order valence-electron chi connectivity index (χ4n) is 4.09. The van der Waals surface area contributed by atoms with Crippen molar-refractivity contribution in [2.24, 2.45) is 4.99 Å². The maximum Gasteiger partial charge on any atom is 0.306 e. The molecule has 0 radical (unpaired) electrons. The van der Waals surface area contributed by atoms with Crippen LogP contribution >= 0.6 is 22.7 Å². The van der Waals surface area contributed by atoms with E-state index in [0.717, 1.165) is 49.4 Å². The molecule has 0 aliphatic carbocycles. The monoisotopic (exact) mass is 489 g/mol. The molecule has 0 amide bonds. The van der Waals surface area contributed by atoms with Gasteiger partial charge in [-0.25, -0.2) is 4.98 Å². The van der Waals surface area contributed by atoms with Gasteiger partial charge in [0, 0.05) is 20.9 Å². The highest BCUT2D eigenvalue weighted by Gasteiger charge is 2.32. The lowest BCUT2D eigenvalue weighted by atomic mass is 9.98. The second-order valence-corrected chi connectivity index (χ2v) is 10.3. The molecule has 34 heavy (non-hydrogen) atoms. The zero-order valence-electron chi connectivity index (χ0n) is 19.2. The highest BCUT2D eigenvalue weighted by molar-refractivity contribution is 7.15. The van der Waals surface area contributed by atoms with Gasteiger partial charge in [-0.2, -0.15) is 0 Å². The van der Waals surface area contributed by atoms with E-state index in [4.69, 9.17) is 4.99 Å². The summed E-state index contributed by atoms with van der Waals surface area (Å²) in [6.07, 6.45) is 4.00. The Labute approximate surface area is 205 Å². The van der Waals surface area contributed by atoms with Crippen molar-refractivity contribution in [3.63, 3.8) is 0 Å². The Kier molecular flexibility index (Phi) is 5.75. The second-order valence-electron chi connectivity index (χ2n) is 8.25. The van der Waals surface area contributed by atoms with Crippen molar-refractivity contribution in [1.82, 2.24) is 19.7 Å². The molecule has 0 fully saturated rings. The van der Waals surface area contributed by atoms with E-state index < -0.39 is 12.0 Å². The van der Waals surface area contributed by atoms with E-state index in [-0.39, 0.29) is 6.42 Å². The Morgan fingerprint density at radius 1 is 1.12 bits per heavy atom. The molecule has 1 atom stereocenters. The van der Waals surface area contributed by atoms with Crippen LogP contribution in [0.4, 0.5) is 0 Å². The number of benzene rings is 1. The molecule has 5 rings (SSSR count). The van der Waals surface area contributed by atoms with Gasteiger partial charge < -0.3 is 5.11 Å². The van der Waals surface area contributed by atoms with Gasteiger partial charge in [-0.05, 0) is 44.9 Å². The molecule has 4 heterocycles. The first-order valence-electron chi connectivity index (χ1n) is 10.8. The van der Waals surface area contributed by atoms with Crippen LogP contribution in [0.5, 0.6) is 0 Å². The minimum absolute atomic E-state index is 0.149. The summed E-state index contributed by atoms with van der Waals surface area (Å²) in [5, 5.41) is 19.1. The third kappa shape index (κ3) is 3.91. The van der Waals surface area contributed by atoms with E-state index in [2.05, 4.69) is 53.3 Å². The lowest BCUT2D eigenvalue weighted by Gasteiger charge is -2.11. The Morgan fingerprint density at radius 2 is 1.88 bits per heavy atom. The summed E-state index contributed by atoms with van der Waals surface area (Å²) in [5.74, 6) is 0.373. The molecule has 7 nitrogen and oxygen atoms in total. The van der Waals surface area contributed by atoms with Gasteiger partial charge in [0.1, 0.15) is 16.9 Å². The van der Waals surface area contributed by atoms with Crippen LogP contribution < -0.4 is 0 Å². The molecule has 1 aliphatic rings. The molecule has 0 spiro atoms. The summed E-state index contributed by atoms with van der Waals surface area (Å²) in [6.45, 7) is 8.07. The molecule has 9 heteroatoms. The van der Waals surface area contributed by atoms with Gasteiger partial charge in [0.05, 0.1) is 23.3 Å². The molecule has 1 aromatic carbocycles. The molecule has 3 aromatic heterocycles. The van der Waals surface area contributed by atoms with E-state index in [1.54, 1.807) is 22.7 Å². The third-order valence-corrected chi connectivity index (χ3v) is 8.09. The number of thiazole rings is 1. The first-order chi connectivity index (χ1) is 16.3. The molecular formula is C25H23N5O2S2. The Balaban J connectivity index is 1.61. The number of thiophene rings is 1. The Morgan fingerprint density at radius 3 is 2.56 bits per heavy atom. The van der Waals surface area contributed by atoms with Crippen molar-refractivity contribution in [3.05, 3.63) is 79.1 Å². The summed E-state index contributed by atoms with van der Waals surface area (Å²) in [4.78, 5) is 23.3. The number of carboxylic acids is 1. The van der Waals surface area contributed by atoms with Crippen LogP contribution in [0.2, 0.25) is 0 Å². The van der Waals surface area contributed by atoms with Gasteiger partial charge in [-0.3, -0.25) is 14.4 Å². The highest BCUT2D eigenvalue weighted by atomic mass is 32.1. The number of hydrogen-bond donors (Lipinski definition) is 1.